The molecule has 2 saturated heterocycles. The molecule has 20 heavy (non-hydrogen) atoms. The lowest BCUT2D eigenvalue weighted by Crippen LogP contribution is -2.37. The summed E-state index contributed by atoms with van der Waals surface area (Å²) in [6.07, 6.45) is 5.09. The number of aromatic nitrogens is 2. The summed E-state index contributed by atoms with van der Waals surface area (Å²) in [7, 11) is 0.979. The smallest absolute Gasteiger partial charge is 0.156 e. The molecular weight excluding hydrogens is 276 g/mol. The van der Waals surface area contributed by atoms with Crippen molar-refractivity contribution >= 4 is 9.84 Å². The van der Waals surface area contributed by atoms with Crippen molar-refractivity contribution in [2.75, 3.05) is 32.9 Å². The molecule has 110 valence electrons. The molecule has 1 aromatic heterocycles. The second-order valence-corrected chi connectivity index (χ2v) is 8.27. The van der Waals surface area contributed by atoms with Crippen molar-refractivity contribution in [2.45, 2.75) is 17.8 Å². The van der Waals surface area contributed by atoms with Crippen molar-refractivity contribution in [3.05, 3.63) is 24.3 Å². The first kappa shape index (κ1) is 13.9. The van der Waals surface area contributed by atoms with Crippen LogP contribution in [0.3, 0.4) is 0 Å². The summed E-state index contributed by atoms with van der Waals surface area (Å²) in [4.78, 5) is 12.3. The van der Waals surface area contributed by atoms with E-state index in [1.807, 2.05) is 14.1 Å². The highest BCUT2D eigenvalue weighted by Crippen LogP contribution is 2.36. The van der Waals surface area contributed by atoms with Gasteiger partial charge in [0.25, 0.3) is 0 Å². The number of sulfone groups is 1. The highest BCUT2D eigenvalue weighted by molar-refractivity contribution is 7.92. The molecule has 2 fully saturated rings. The number of fused-ring (bicyclic) bond motifs is 1. The quantitative estimate of drug-likeness (QED) is 0.758. The Balaban J connectivity index is 1.75. The van der Waals surface area contributed by atoms with Crippen LogP contribution in [0.2, 0.25) is 0 Å². The lowest BCUT2D eigenvalue weighted by molar-refractivity contribution is 0.229. The molecule has 0 amide bonds. The first-order chi connectivity index (χ1) is 9.47. The predicted octanol–water partition coefficient (Wildman–Crippen LogP) is -0.364. The first-order valence-electron chi connectivity index (χ1n) is 6.81. The maximum absolute atomic E-state index is 12.3. The number of hydrogen-bond acceptors (Lipinski definition) is 6. The van der Waals surface area contributed by atoms with Gasteiger partial charge in [0.15, 0.2) is 9.84 Å². The van der Waals surface area contributed by atoms with Gasteiger partial charge in [-0.3, -0.25) is 4.90 Å². The van der Waals surface area contributed by atoms with Crippen molar-refractivity contribution in [2.24, 2.45) is 5.92 Å². The predicted molar refractivity (Wildman–Crippen MR) is 75.8 cm³/mol. The lowest BCUT2D eigenvalue weighted by Gasteiger charge is -2.25. The van der Waals surface area contributed by atoms with E-state index in [-0.39, 0.29) is 17.2 Å². The van der Waals surface area contributed by atoms with Crippen LogP contribution in [0.1, 0.15) is 5.56 Å². The standard InChI is InChI=1S/C13H20N4O2S/c1-16(2)12-8-20(18,19)13-7-17(6-11(12)13)5-10-3-14-9-15-4-10/h3-4,9,11-13H,5-8H2,1-2H3/t11-,12+,13-/m0/s1. The fourth-order valence-corrected chi connectivity index (χ4v) is 5.95. The molecule has 2 aliphatic heterocycles. The monoisotopic (exact) mass is 296 g/mol. The van der Waals surface area contributed by atoms with Crippen molar-refractivity contribution in [3.8, 4) is 0 Å². The Morgan fingerprint density at radius 3 is 2.65 bits per heavy atom. The summed E-state index contributed by atoms with van der Waals surface area (Å²) in [5.74, 6) is 0.525. The van der Waals surface area contributed by atoms with Gasteiger partial charge < -0.3 is 4.90 Å². The van der Waals surface area contributed by atoms with E-state index < -0.39 is 9.84 Å². The Morgan fingerprint density at radius 2 is 2.00 bits per heavy atom. The van der Waals surface area contributed by atoms with Crippen LogP contribution >= 0.6 is 0 Å². The van der Waals surface area contributed by atoms with Gasteiger partial charge in [0.05, 0.1) is 11.0 Å². The van der Waals surface area contributed by atoms with Gasteiger partial charge in [0.1, 0.15) is 6.33 Å². The molecule has 7 heteroatoms. The molecule has 3 rings (SSSR count). The maximum Gasteiger partial charge on any atom is 0.156 e. The molecular formula is C13H20N4O2S. The maximum atomic E-state index is 12.3. The lowest BCUT2D eigenvalue weighted by atomic mass is 10.00. The van der Waals surface area contributed by atoms with Crippen molar-refractivity contribution in [1.29, 1.82) is 0 Å². The molecule has 3 heterocycles. The average molecular weight is 296 g/mol. The van der Waals surface area contributed by atoms with E-state index >= 15 is 0 Å². The molecule has 0 N–H and O–H groups in total. The topological polar surface area (TPSA) is 66.4 Å². The Kier molecular flexibility index (Phi) is 3.51. The van der Waals surface area contributed by atoms with E-state index in [1.54, 1.807) is 12.4 Å². The van der Waals surface area contributed by atoms with Gasteiger partial charge >= 0.3 is 0 Å². The normalized spacial score (nSPS) is 32.6. The van der Waals surface area contributed by atoms with Crippen LogP contribution in [0, 0.1) is 5.92 Å². The van der Waals surface area contributed by atoms with Crippen LogP contribution in [-0.4, -0.2) is 72.4 Å². The van der Waals surface area contributed by atoms with Crippen LogP contribution in [-0.2, 0) is 16.4 Å². The average Bonchev–Trinajstić information content (AvgIpc) is 2.90. The van der Waals surface area contributed by atoms with Gasteiger partial charge in [0.2, 0.25) is 0 Å². The molecule has 2 aliphatic rings. The van der Waals surface area contributed by atoms with E-state index in [0.29, 0.717) is 12.3 Å². The highest BCUT2D eigenvalue weighted by Gasteiger charge is 2.52. The van der Waals surface area contributed by atoms with Crippen LogP contribution in [0.4, 0.5) is 0 Å². The summed E-state index contributed by atoms with van der Waals surface area (Å²) in [6.45, 7) is 2.19. The fraction of sp³-hybridized carbons (Fsp3) is 0.692. The van der Waals surface area contributed by atoms with Crippen LogP contribution in [0.15, 0.2) is 18.7 Å². The largest absolute Gasteiger partial charge is 0.305 e. The summed E-state index contributed by atoms with van der Waals surface area (Å²) >= 11 is 0. The van der Waals surface area contributed by atoms with E-state index in [9.17, 15) is 8.42 Å². The van der Waals surface area contributed by atoms with Gasteiger partial charge in [-0.25, -0.2) is 18.4 Å². The summed E-state index contributed by atoms with van der Waals surface area (Å²) < 4.78 is 24.6. The second kappa shape index (κ2) is 5.05. The minimum absolute atomic E-state index is 0.141. The zero-order chi connectivity index (χ0) is 14.3. The van der Waals surface area contributed by atoms with Crippen molar-refractivity contribution in [3.63, 3.8) is 0 Å². The van der Waals surface area contributed by atoms with Crippen LogP contribution in [0.5, 0.6) is 0 Å². The fourth-order valence-electron chi connectivity index (χ4n) is 3.45. The molecule has 0 aromatic carbocycles. The Bertz CT molecular complexity index is 575. The molecule has 0 saturated carbocycles. The number of rotatable bonds is 3. The minimum Gasteiger partial charge on any atom is -0.305 e. The van der Waals surface area contributed by atoms with Gasteiger partial charge in [-0.1, -0.05) is 0 Å². The van der Waals surface area contributed by atoms with E-state index in [2.05, 4.69) is 19.8 Å². The minimum atomic E-state index is -2.96. The first-order valence-corrected chi connectivity index (χ1v) is 8.53. The molecule has 0 radical (unpaired) electrons. The number of nitrogens with zero attached hydrogens (tertiary/aromatic N) is 4. The third-order valence-electron chi connectivity index (χ3n) is 4.43. The number of hydrogen-bond donors (Lipinski definition) is 0. The van der Waals surface area contributed by atoms with Gasteiger partial charge in [0, 0.05) is 49.6 Å². The second-order valence-electron chi connectivity index (χ2n) is 6.00. The summed E-state index contributed by atoms with van der Waals surface area (Å²) in [6, 6.07) is 0.141. The molecule has 0 unspecified atom stereocenters. The van der Waals surface area contributed by atoms with E-state index in [1.165, 1.54) is 6.33 Å². The molecule has 0 aliphatic carbocycles. The summed E-state index contributed by atoms with van der Waals surface area (Å²) in [5.41, 5.74) is 1.03. The van der Waals surface area contributed by atoms with E-state index in [0.717, 1.165) is 18.7 Å². The van der Waals surface area contributed by atoms with Crippen LogP contribution < -0.4 is 0 Å². The van der Waals surface area contributed by atoms with Gasteiger partial charge in [-0.2, -0.15) is 0 Å². The molecule has 1 aromatic rings. The Morgan fingerprint density at radius 1 is 1.30 bits per heavy atom. The van der Waals surface area contributed by atoms with Crippen molar-refractivity contribution in [1.82, 2.24) is 19.8 Å². The highest BCUT2D eigenvalue weighted by atomic mass is 32.2. The Labute approximate surface area is 119 Å². The summed E-state index contributed by atoms with van der Waals surface area (Å²) in [5, 5.41) is -0.209. The SMILES string of the molecule is CN(C)[C@@H]1CS(=O)(=O)[C@H]2CN(Cc3cncnc3)C[C@@H]12. The van der Waals surface area contributed by atoms with Gasteiger partial charge in [-0.15, -0.1) is 0 Å². The molecule has 6 nitrogen and oxygen atoms in total. The zero-order valence-corrected chi connectivity index (χ0v) is 12.6. The molecule has 3 atom stereocenters. The van der Waals surface area contributed by atoms with Crippen molar-refractivity contribution < 1.29 is 8.42 Å². The third kappa shape index (κ3) is 2.45. The number of likely N-dealkylation sites (tertiary alicyclic amines) is 1. The third-order valence-corrected chi connectivity index (χ3v) is 6.65. The van der Waals surface area contributed by atoms with Crippen LogP contribution in [0.25, 0.3) is 0 Å². The molecule has 0 spiro atoms. The zero-order valence-electron chi connectivity index (χ0n) is 11.8. The van der Waals surface area contributed by atoms with E-state index in [4.69, 9.17) is 0 Å². The molecule has 0 bridgehead atoms. The Hall–Kier alpha value is -1.05. The van der Waals surface area contributed by atoms with Gasteiger partial charge in [-0.05, 0) is 14.1 Å².